The Kier molecular flexibility index (Phi) is 6.22. The molecule has 0 radical (unpaired) electrons. The number of piperidine rings is 1. The molecule has 0 saturated carbocycles. The number of amides is 1. The summed E-state index contributed by atoms with van der Waals surface area (Å²) in [7, 11) is 1.91. The number of carbonyl (C=O) groups excluding carboxylic acids is 1. The van der Waals surface area contributed by atoms with Crippen LogP contribution in [0.1, 0.15) is 43.4 Å². The van der Waals surface area contributed by atoms with Gasteiger partial charge in [0.15, 0.2) is 11.5 Å². The van der Waals surface area contributed by atoms with Crippen LogP contribution in [0.15, 0.2) is 34.9 Å². The summed E-state index contributed by atoms with van der Waals surface area (Å²) in [6, 6.07) is 7.92. The molecule has 0 unspecified atom stereocenters. The summed E-state index contributed by atoms with van der Waals surface area (Å²) >= 11 is 0. The van der Waals surface area contributed by atoms with Gasteiger partial charge >= 0.3 is 0 Å². The van der Waals surface area contributed by atoms with Crippen LogP contribution in [0.25, 0.3) is 23.0 Å². The molecule has 3 aromatic rings. The number of hydrogen-bond acceptors (Lipinski definition) is 8. The van der Waals surface area contributed by atoms with Gasteiger partial charge in [-0.1, -0.05) is 19.1 Å². The minimum absolute atomic E-state index is 0.194. The Labute approximate surface area is 181 Å². The van der Waals surface area contributed by atoms with Crippen LogP contribution < -0.4 is 11.1 Å². The number of nitrogens with zero attached hydrogens (tertiary/aromatic N) is 5. The number of benzene rings is 1. The Morgan fingerprint density at radius 2 is 1.90 bits per heavy atom. The van der Waals surface area contributed by atoms with Gasteiger partial charge in [0, 0.05) is 37.5 Å². The number of nitrogens with one attached hydrogen (secondary N) is 1. The molecule has 9 nitrogen and oxygen atoms in total. The van der Waals surface area contributed by atoms with Crippen LogP contribution in [-0.4, -0.2) is 51.1 Å². The number of likely N-dealkylation sites (tertiary alicyclic amines) is 1. The molecule has 3 N–H and O–H groups in total. The number of aromatic nitrogens is 4. The highest BCUT2D eigenvalue weighted by atomic mass is 16.4. The van der Waals surface area contributed by atoms with Crippen LogP contribution in [0.5, 0.6) is 0 Å². The first-order chi connectivity index (χ1) is 15.1. The Balaban J connectivity index is 1.52. The third-order valence-electron chi connectivity index (χ3n) is 5.60. The van der Waals surface area contributed by atoms with Gasteiger partial charge in [0.05, 0.1) is 11.9 Å². The standard InChI is InChI=1S/C22H27N7O2/c1-3-18(30)29-10-8-15(9-11-29)17-13-25-20(23)19(26-17)22-28-27-21(31-22)16-6-4-14(5-7-16)12-24-2/h4-7,13,15,24H,3,8-12H2,1-2H3,(H2,23,25). The van der Waals surface area contributed by atoms with Gasteiger partial charge in [0.1, 0.15) is 0 Å². The second-order valence-electron chi connectivity index (χ2n) is 7.68. The third-order valence-corrected chi connectivity index (χ3v) is 5.60. The Morgan fingerprint density at radius 1 is 1.19 bits per heavy atom. The lowest BCUT2D eigenvalue weighted by atomic mass is 9.93. The highest BCUT2D eigenvalue weighted by Gasteiger charge is 2.25. The SMILES string of the molecule is CCC(=O)N1CCC(c2cnc(N)c(-c3nnc(-c4ccc(CNC)cc4)o3)n2)CC1. The van der Waals surface area contributed by atoms with Crippen LogP contribution in [0.4, 0.5) is 5.82 Å². The quantitative estimate of drug-likeness (QED) is 0.623. The average molecular weight is 422 g/mol. The van der Waals surface area contributed by atoms with Crippen molar-refractivity contribution in [2.24, 2.45) is 0 Å². The number of anilines is 1. The zero-order chi connectivity index (χ0) is 21.8. The number of hydrogen-bond donors (Lipinski definition) is 2. The van der Waals surface area contributed by atoms with Crippen molar-refractivity contribution in [3.8, 4) is 23.0 Å². The molecule has 4 rings (SSSR count). The van der Waals surface area contributed by atoms with Crippen LogP contribution in [0.3, 0.4) is 0 Å². The van der Waals surface area contributed by atoms with Gasteiger partial charge in [-0.05, 0) is 37.6 Å². The first-order valence-corrected chi connectivity index (χ1v) is 10.6. The summed E-state index contributed by atoms with van der Waals surface area (Å²) in [5.74, 6) is 1.32. The molecule has 1 amide bonds. The summed E-state index contributed by atoms with van der Waals surface area (Å²) in [6.07, 6.45) is 3.93. The largest absolute Gasteiger partial charge is 0.414 e. The summed E-state index contributed by atoms with van der Waals surface area (Å²) < 4.78 is 5.87. The zero-order valence-electron chi connectivity index (χ0n) is 17.8. The molecule has 1 aliphatic rings. The second-order valence-corrected chi connectivity index (χ2v) is 7.68. The fourth-order valence-corrected chi connectivity index (χ4v) is 3.82. The molecule has 31 heavy (non-hydrogen) atoms. The fourth-order valence-electron chi connectivity index (χ4n) is 3.82. The van der Waals surface area contributed by atoms with Gasteiger partial charge < -0.3 is 20.4 Å². The van der Waals surface area contributed by atoms with Gasteiger partial charge in [-0.2, -0.15) is 0 Å². The smallest absolute Gasteiger partial charge is 0.270 e. The lowest BCUT2D eigenvalue weighted by Gasteiger charge is -2.31. The van der Waals surface area contributed by atoms with Crippen molar-refractivity contribution < 1.29 is 9.21 Å². The minimum Gasteiger partial charge on any atom is -0.414 e. The zero-order valence-corrected chi connectivity index (χ0v) is 17.8. The van der Waals surface area contributed by atoms with E-state index < -0.39 is 0 Å². The first-order valence-electron chi connectivity index (χ1n) is 10.6. The minimum atomic E-state index is 0.194. The van der Waals surface area contributed by atoms with E-state index in [0.717, 1.165) is 43.7 Å². The van der Waals surface area contributed by atoms with Crippen molar-refractivity contribution in [2.45, 2.75) is 38.6 Å². The number of nitrogens with two attached hydrogens (primary N) is 1. The lowest BCUT2D eigenvalue weighted by Crippen LogP contribution is -2.37. The maximum absolute atomic E-state index is 11.9. The topological polar surface area (TPSA) is 123 Å². The number of rotatable bonds is 6. The van der Waals surface area contributed by atoms with Crippen molar-refractivity contribution in [3.63, 3.8) is 0 Å². The van der Waals surface area contributed by atoms with Crippen LogP contribution in [0.2, 0.25) is 0 Å². The van der Waals surface area contributed by atoms with Crippen molar-refractivity contribution >= 4 is 11.7 Å². The van der Waals surface area contributed by atoms with E-state index in [1.807, 2.05) is 43.1 Å². The summed E-state index contributed by atoms with van der Waals surface area (Å²) in [5.41, 5.74) is 9.30. The van der Waals surface area contributed by atoms with Crippen molar-refractivity contribution in [2.75, 3.05) is 25.9 Å². The molecule has 3 heterocycles. The Bertz CT molecular complexity index is 1040. The molecule has 1 saturated heterocycles. The molecule has 9 heteroatoms. The molecule has 2 aromatic heterocycles. The number of carbonyl (C=O) groups is 1. The lowest BCUT2D eigenvalue weighted by molar-refractivity contribution is -0.131. The molecule has 1 fully saturated rings. The molecule has 162 valence electrons. The first kappa shape index (κ1) is 20.9. The van der Waals surface area contributed by atoms with Crippen LogP contribution in [0, 0.1) is 0 Å². The molecule has 0 spiro atoms. The summed E-state index contributed by atoms with van der Waals surface area (Å²) in [6.45, 7) is 4.14. The molecule has 1 aliphatic heterocycles. The van der Waals surface area contributed by atoms with E-state index in [2.05, 4.69) is 20.5 Å². The van der Waals surface area contributed by atoms with Crippen LogP contribution >= 0.6 is 0 Å². The Morgan fingerprint density at radius 3 is 2.58 bits per heavy atom. The van der Waals surface area contributed by atoms with Crippen molar-refractivity contribution in [1.29, 1.82) is 0 Å². The van der Waals surface area contributed by atoms with Gasteiger partial charge in [-0.15, -0.1) is 10.2 Å². The summed E-state index contributed by atoms with van der Waals surface area (Å²) in [4.78, 5) is 22.8. The van der Waals surface area contributed by atoms with E-state index in [-0.39, 0.29) is 23.5 Å². The van der Waals surface area contributed by atoms with Gasteiger partial charge in [0.2, 0.25) is 11.8 Å². The molecular formula is C22H27N7O2. The molecule has 0 bridgehead atoms. The van der Waals surface area contributed by atoms with Crippen molar-refractivity contribution in [1.82, 2.24) is 30.4 Å². The maximum Gasteiger partial charge on any atom is 0.270 e. The Hall–Kier alpha value is -3.33. The van der Waals surface area contributed by atoms with E-state index in [1.54, 1.807) is 6.20 Å². The molecule has 1 aromatic carbocycles. The second kappa shape index (κ2) is 9.22. The monoisotopic (exact) mass is 421 g/mol. The molecular weight excluding hydrogens is 394 g/mol. The van der Waals surface area contributed by atoms with E-state index in [1.165, 1.54) is 5.56 Å². The average Bonchev–Trinajstić information content (AvgIpc) is 3.30. The van der Waals surface area contributed by atoms with E-state index >= 15 is 0 Å². The van der Waals surface area contributed by atoms with Crippen molar-refractivity contribution in [3.05, 3.63) is 41.7 Å². The summed E-state index contributed by atoms with van der Waals surface area (Å²) in [5, 5.41) is 11.4. The maximum atomic E-state index is 11.9. The van der Waals surface area contributed by atoms with E-state index in [9.17, 15) is 4.79 Å². The highest BCUT2D eigenvalue weighted by molar-refractivity contribution is 5.75. The predicted molar refractivity (Wildman–Crippen MR) is 117 cm³/mol. The van der Waals surface area contributed by atoms with Gasteiger partial charge in [-0.3, -0.25) is 4.79 Å². The fraction of sp³-hybridized carbons (Fsp3) is 0.409. The van der Waals surface area contributed by atoms with Crippen LogP contribution in [-0.2, 0) is 11.3 Å². The normalized spacial score (nSPS) is 14.7. The molecule has 0 aliphatic carbocycles. The number of nitrogen functional groups attached to an aromatic ring is 1. The predicted octanol–water partition coefficient (Wildman–Crippen LogP) is 2.61. The highest BCUT2D eigenvalue weighted by Crippen LogP contribution is 2.31. The van der Waals surface area contributed by atoms with Gasteiger partial charge in [0.25, 0.3) is 5.89 Å². The van der Waals surface area contributed by atoms with Gasteiger partial charge in [-0.25, -0.2) is 9.97 Å². The molecule has 0 atom stereocenters. The third kappa shape index (κ3) is 4.56. The van der Waals surface area contributed by atoms with E-state index in [4.69, 9.17) is 15.1 Å². The van der Waals surface area contributed by atoms with E-state index in [0.29, 0.717) is 18.0 Å².